The molecular formula is C15H22N2S2. The number of aryl methyl sites for hydroxylation is 3. The minimum absolute atomic E-state index is 0.406. The van der Waals surface area contributed by atoms with Gasteiger partial charge in [-0.2, -0.15) is 0 Å². The third-order valence-corrected chi connectivity index (χ3v) is 5.41. The number of aromatic nitrogens is 1. The lowest BCUT2D eigenvalue weighted by atomic mass is 10.1. The first-order chi connectivity index (χ1) is 9.10. The van der Waals surface area contributed by atoms with Gasteiger partial charge in [0.15, 0.2) is 0 Å². The predicted molar refractivity (Wildman–Crippen MR) is 85.4 cm³/mol. The highest BCUT2D eigenvalue weighted by molar-refractivity contribution is 7.12. The average Bonchev–Trinajstić information content (AvgIpc) is 2.92. The molecule has 0 saturated carbocycles. The number of rotatable bonds is 6. The van der Waals surface area contributed by atoms with Crippen LogP contribution in [0.4, 0.5) is 0 Å². The smallest absolute Gasteiger partial charge is 0.0950 e. The Morgan fingerprint density at radius 2 is 2.00 bits per heavy atom. The maximum atomic E-state index is 4.67. The molecule has 2 aromatic heterocycles. The highest BCUT2D eigenvalue weighted by atomic mass is 32.1. The molecule has 104 valence electrons. The highest BCUT2D eigenvalue weighted by Gasteiger charge is 2.16. The number of hydrogen-bond donors (Lipinski definition) is 1. The number of nitrogens with one attached hydrogen (secondary N) is 1. The molecule has 2 nitrogen and oxygen atoms in total. The average molecular weight is 294 g/mol. The summed E-state index contributed by atoms with van der Waals surface area (Å²) in [5.74, 6) is 0. The summed E-state index contributed by atoms with van der Waals surface area (Å²) in [4.78, 5) is 8.82. The lowest BCUT2D eigenvalue weighted by Gasteiger charge is -2.15. The fourth-order valence-electron chi connectivity index (χ4n) is 2.03. The van der Waals surface area contributed by atoms with Gasteiger partial charge in [0, 0.05) is 27.1 Å². The van der Waals surface area contributed by atoms with E-state index in [1.54, 1.807) is 0 Å². The van der Waals surface area contributed by atoms with Crippen molar-refractivity contribution < 1.29 is 0 Å². The summed E-state index contributed by atoms with van der Waals surface area (Å²) in [7, 11) is 0. The molecule has 2 rings (SSSR count). The molecule has 4 heteroatoms. The van der Waals surface area contributed by atoms with E-state index in [-0.39, 0.29) is 0 Å². The van der Waals surface area contributed by atoms with Gasteiger partial charge < -0.3 is 5.32 Å². The molecule has 0 bridgehead atoms. The standard InChI is InChI=1S/C15H22N2S2/c1-5-8-16-13(14-7-6-10(2)18-14)9-15-17-11(3)12(4)19-15/h6-7,13,16H,5,8-9H2,1-4H3. The van der Waals surface area contributed by atoms with Gasteiger partial charge in [-0.1, -0.05) is 6.92 Å². The number of hydrogen-bond acceptors (Lipinski definition) is 4. The summed E-state index contributed by atoms with van der Waals surface area (Å²) in [5.41, 5.74) is 1.18. The fourth-order valence-corrected chi connectivity index (χ4v) is 3.97. The topological polar surface area (TPSA) is 24.9 Å². The van der Waals surface area contributed by atoms with Gasteiger partial charge >= 0.3 is 0 Å². The molecule has 0 aromatic carbocycles. The van der Waals surface area contributed by atoms with E-state index in [1.807, 2.05) is 22.7 Å². The SMILES string of the molecule is CCCNC(Cc1nc(C)c(C)s1)c1ccc(C)s1. The van der Waals surface area contributed by atoms with E-state index in [0.717, 1.165) is 19.4 Å². The van der Waals surface area contributed by atoms with Gasteiger partial charge in [0.25, 0.3) is 0 Å². The van der Waals surface area contributed by atoms with Crippen molar-refractivity contribution in [3.63, 3.8) is 0 Å². The second-order valence-electron chi connectivity index (χ2n) is 4.91. The summed E-state index contributed by atoms with van der Waals surface area (Å²) >= 11 is 3.72. The maximum Gasteiger partial charge on any atom is 0.0950 e. The van der Waals surface area contributed by atoms with Crippen molar-refractivity contribution in [1.29, 1.82) is 0 Å². The molecule has 0 fully saturated rings. The lowest BCUT2D eigenvalue weighted by Crippen LogP contribution is -2.23. The van der Waals surface area contributed by atoms with Gasteiger partial charge in [0.2, 0.25) is 0 Å². The van der Waals surface area contributed by atoms with E-state index < -0.39 is 0 Å². The van der Waals surface area contributed by atoms with Crippen LogP contribution in [0.2, 0.25) is 0 Å². The first kappa shape index (κ1) is 14.7. The summed E-state index contributed by atoms with van der Waals surface area (Å²) < 4.78 is 0. The molecule has 2 heterocycles. The zero-order chi connectivity index (χ0) is 13.8. The zero-order valence-corrected chi connectivity index (χ0v) is 13.8. The minimum atomic E-state index is 0.406. The Bertz CT molecular complexity index is 508. The molecule has 0 aliphatic heterocycles. The van der Waals surface area contributed by atoms with Gasteiger partial charge in [-0.15, -0.1) is 22.7 Å². The second-order valence-corrected chi connectivity index (χ2v) is 7.52. The molecule has 0 aliphatic carbocycles. The summed E-state index contributed by atoms with van der Waals surface area (Å²) in [6, 6.07) is 4.86. The molecule has 0 saturated heterocycles. The van der Waals surface area contributed by atoms with E-state index in [0.29, 0.717) is 6.04 Å². The van der Waals surface area contributed by atoms with E-state index in [4.69, 9.17) is 0 Å². The third kappa shape index (κ3) is 3.88. The first-order valence-electron chi connectivity index (χ1n) is 6.82. The molecule has 1 atom stereocenters. The Balaban J connectivity index is 2.13. The van der Waals surface area contributed by atoms with Gasteiger partial charge in [0.1, 0.15) is 0 Å². The molecular weight excluding hydrogens is 272 g/mol. The molecule has 2 aromatic rings. The Labute approximate surface area is 123 Å². The number of nitrogens with zero attached hydrogens (tertiary/aromatic N) is 1. The minimum Gasteiger partial charge on any atom is -0.309 e. The van der Waals surface area contributed by atoms with Crippen molar-refractivity contribution in [1.82, 2.24) is 10.3 Å². The second kappa shape index (κ2) is 6.64. The quantitative estimate of drug-likeness (QED) is 0.853. The predicted octanol–water partition coefficient (Wildman–Crippen LogP) is 4.41. The molecule has 1 N–H and O–H groups in total. The van der Waals surface area contributed by atoms with Crippen molar-refractivity contribution in [2.45, 2.75) is 46.6 Å². The Hall–Kier alpha value is -0.710. The van der Waals surface area contributed by atoms with Crippen molar-refractivity contribution >= 4 is 22.7 Å². The lowest BCUT2D eigenvalue weighted by molar-refractivity contribution is 0.535. The van der Waals surface area contributed by atoms with Gasteiger partial charge in [-0.3, -0.25) is 0 Å². The van der Waals surface area contributed by atoms with Gasteiger partial charge in [-0.25, -0.2) is 4.98 Å². The Kier molecular flexibility index (Phi) is 5.13. The van der Waals surface area contributed by atoms with Crippen molar-refractivity contribution in [3.05, 3.63) is 37.5 Å². The summed E-state index contributed by atoms with van der Waals surface area (Å²) in [5, 5.41) is 4.90. The van der Waals surface area contributed by atoms with Crippen LogP contribution in [0.3, 0.4) is 0 Å². The van der Waals surface area contributed by atoms with Crippen molar-refractivity contribution in [3.8, 4) is 0 Å². The van der Waals surface area contributed by atoms with E-state index in [2.05, 4.69) is 50.1 Å². The first-order valence-corrected chi connectivity index (χ1v) is 8.46. The van der Waals surface area contributed by atoms with Crippen LogP contribution in [0.25, 0.3) is 0 Å². The molecule has 0 radical (unpaired) electrons. The normalized spacial score (nSPS) is 12.8. The van der Waals surface area contributed by atoms with Crippen LogP contribution in [0.15, 0.2) is 12.1 Å². The monoisotopic (exact) mass is 294 g/mol. The zero-order valence-electron chi connectivity index (χ0n) is 12.1. The van der Waals surface area contributed by atoms with Crippen LogP contribution in [0, 0.1) is 20.8 Å². The Morgan fingerprint density at radius 1 is 1.21 bits per heavy atom. The molecule has 0 aliphatic rings. The Morgan fingerprint density at radius 3 is 2.53 bits per heavy atom. The van der Waals surface area contributed by atoms with E-state index >= 15 is 0 Å². The fraction of sp³-hybridized carbons (Fsp3) is 0.533. The third-order valence-electron chi connectivity index (χ3n) is 3.20. The molecule has 0 amide bonds. The van der Waals surface area contributed by atoms with Crippen LogP contribution in [-0.2, 0) is 6.42 Å². The van der Waals surface area contributed by atoms with E-state index in [1.165, 1.54) is 25.3 Å². The van der Waals surface area contributed by atoms with Crippen LogP contribution >= 0.6 is 22.7 Å². The largest absolute Gasteiger partial charge is 0.309 e. The van der Waals surface area contributed by atoms with Gasteiger partial charge in [-0.05, 0) is 45.9 Å². The van der Waals surface area contributed by atoms with Crippen LogP contribution < -0.4 is 5.32 Å². The summed E-state index contributed by atoms with van der Waals surface area (Å²) in [6.07, 6.45) is 2.16. The van der Waals surface area contributed by atoms with Crippen molar-refractivity contribution in [2.75, 3.05) is 6.54 Å². The number of thiazole rings is 1. The van der Waals surface area contributed by atoms with E-state index in [9.17, 15) is 0 Å². The van der Waals surface area contributed by atoms with Crippen molar-refractivity contribution in [2.24, 2.45) is 0 Å². The number of thiophene rings is 1. The highest BCUT2D eigenvalue weighted by Crippen LogP contribution is 2.28. The van der Waals surface area contributed by atoms with Crippen LogP contribution in [0.1, 0.15) is 44.7 Å². The van der Waals surface area contributed by atoms with Crippen LogP contribution in [-0.4, -0.2) is 11.5 Å². The molecule has 1 unspecified atom stereocenters. The summed E-state index contributed by atoms with van der Waals surface area (Å²) in [6.45, 7) is 9.69. The molecule has 19 heavy (non-hydrogen) atoms. The maximum absolute atomic E-state index is 4.67. The molecule has 0 spiro atoms. The van der Waals surface area contributed by atoms with Gasteiger partial charge in [0.05, 0.1) is 10.7 Å². The van der Waals surface area contributed by atoms with Crippen LogP contribution in [0.5, 0.6) is 0 Å².